The summed E-state index contributed by atoms with van der Waals surface area (Å²) in [6, 6.07) is 14.2. The van der Waals surface area contributed by atoms with Gasteiger partial charge in [-0.2, -0.15) is 0 Å². The first kappa shape index (κ1) is 17.8. The Labute approximate surface area is 146 Å². The normalized spacial score (nSPS) is 10.1. The zero-order valence-electron chi connectivity index (χ0n) is 13.3. The molecule has 0 saturated heterocycles. The maximum Gasteiger partial charge on any atom is 0.251 e. The van der Waals surface area contributed by atoms with E-state index in [0.717, 1.165) is 5.56 Å². The largest absolute Gasteiger partial charge is 0.497 e. The van der Waals surface area contributed by atoms with Crippen LogP contribution in [0.15, 0.2) is 48.5 Å². The summed E-state index contributed by atoms with van der Waals surface area (Å²) >= 11 is 5.91. The Kier molecular flexibility index (Phi) is 6.63. The average Bonchev–Trinajstić information content (AvgIpc) is 2.60. The fraction of sp³-hybridized carbons (Fsp3) is 0.222. The highest BCUT2D eigenvalue weighted by Crippen LogP contribution is 2.12. The van der Waals surface area contributed by atoms with E-state index in [0.29, 0.717) is 29.3 Å². The van der Waals surface area contributed by atoms with E-state index in [-0.39, 0.29) is 18.4 Å². The van der Waals surface area contributed by atoms with Crippen LogP contribution >= 0.6 is 11.6 Å². The topological polar surface area (TPSA) is 67.4 Å². The van der Waals surface area contributed by atoms with E-state index in [1.54, 1.807) is 30.3 Å². The van der Waals surface area contributed by atoms with E-state index in [9.17, 15) is 9.59 Å². The average molecular weight is 347 g/mol. The molecule has 0 fully saturated rings. The summed E-state index contributed by atoms with van der Waals surface area (Å²) in [6.45, 7) is 0.403. The fourth-order valence-corrected chi connectivity index (χ4v) is 2.34. The van der Waals surface area contributed by atoms with Gasteiger partial charge in [-0.3, -0.25) is 9.59 Å². The predicted molar refractivity (Wildman–Crippen MR) is 93.5 cm³/mol. The van der Waals surface area contributed by atoms with Crippen molar-refractivity contribution in [2.45, 2.75) is 6.42 Å². The molecule has 126 valence electrons. The van der Waals surface area contributed by atoms with Gasteiger partial charge in [0.2, 0.25) is 5.91 Å². The molecule has 0 aliphatic rings. The van der Waals surface area contributed by atoms with Crippen LogP contribution in [0.1, 0.15) is 15.9 Å². The first-order valence-corrected chi connectivity index (χ1v) is 7.89. The van der Waals surface area contributed by atoms with Crippen LogP contribution in [0.4, 0.5) is 0 Å². The molecule has 0 unspecified atom stereocenters. The number of ether oxygens (including phenoxy) is 1. The van der Waals surface area contributed by atoms with Gasteiger partial charge in [0.15, 0.2) is 0 Å². The molecule has 2 aromatic rings. The molecule has 5 nitrogen and oxygen atoms in total. The van der Waals surface area contributed by atoms with E-state index in [1.807, 2.05) is 18.2 Å². The van der Waals surface area contributed by atoms with Gasteiger partial charge in [-0.15, -0.1) is 0 Å². The zero-order valence-corrected chi connectivity index (χ0v) is 14.1. The van der Waals surface area contributed by atoms with Crippen molar-refractivity contribution >= 4 is 23.4 Å². The van der Waals surface area contributed by atoms with Crippen LogP contribution < -0.4 is 15.4 Å². The fourth-order valence-electron chi connectivity index (χ4n) is 2.13. The summed E-state index contributed by atoms with van der Waals surface area (Å²) in [5.41, 5.74) is 1.49. The lowest BCUT2D eigenvalue weighted by Crippen LogP contribution is -2.37. The molecule has 0 radical (unpaired) electrons. The third-order valence-corrected chi connectivity index (χ3v) is 3.60. The van der Waals surface area contributed by atoms with Crippen LogP contribution in [-0.2, 0) is 11.2 Å². The molecule has 0 aliphatic heterocycles. The molecule has 2 amide bonds. The summed E-state index contributed by atoms with van der Waals surface area (Å²) < 4.78 is 5.07. The van der Waals surface area contributed by atoms with Gasteiger partial charge in [-0.05, 0) is 42.3 Å². The van der Waals surface area contributed by atoms with Crippen molar-refractivity contribution in [3.63, 3.8) is 0 Å². The van der Waals surface area contributed by atoms with Crippen molar-refractivity contribution in [3.8, 4) is 5.75 Å². The van der Waals surface area contributed by atoms with Crippen LogP contribution in [0.3, 0.4) is 0 Å². The number of hydrogen-bond donors (Lipinski definition) is 2. The van der Waals surface area contributed by atoms with Crippen molar-refractivity contribution in [1.82, 2.24) is 10.6 Å². The quantitative estimate of drug-likeness (QED) is 0.809. The predicted octanol–water partition coefficient (Wildman–Crippen LogP) is 2.44. The number of methoxy groups -OCH3 is 1. The van der Waals surface area contributed by atoms with E-state index in [4.69, 9.17) is 16.3 Å². The molecule has 0 aliphatic carbocycles. The van der Waals surface area contributed by atoms with Crippen LogP contribution in [-0.4, -0.2) is 32.0 Å². The molecule has 24 heavy (non-hydrogen) atoms. The molecule has 2 N–H and O–H groups in total. The highest BCUT2D eigenvalue weighted by atomic mass is 35.5. The second-order valence-corrected chi connectivity index (χ2v) is 5.58. The van der Waals surface area contributed by atoms with Gasteiger partial charge in [0.1, 0.15) is 5.75 Å². The number of carbonyl (C=O) groups excluding carboxylic acids is 2. The molecular formula is C18H19ClN2O3. The van der Waals surface area contributed by atoms with Gasteiger partial charge in [0.05, 0.1) is 13.7 Å². The molecule has 2 aromatic carbocycles. The van der Waals surface area contributed by atoms with Crippen LogP contribution in [0, 0.1) is 0 Å². The second kappa shape index (κ2) is 8.93. The van der Waals surface area contributed by atoms with Crippen LogP contribution in [0.5, 0.6) is 5.75 Å². The lowest BCUT2D eigenvalue weighted by Gasteiger charge is -2.08. The van der Waals surface area contributed by atoms with Gasteiger partial charge in [0.25, 0.3) is 5.91 Å². The summed E-state index contributed by atoms with van der Waals surface area (Å²) in [7, 11) is 1.53. The molecule has 0 saturated carbocycles. The van der Waals surface area contributed by atoms with Crippen LogP contribution in [0.2, 0.25) is 5.02 Å². The molecule has 2 rings (SSSR count). The minimum Gasteiger partial charge on any atom is -0.497 e. The van der Waals surface area contributed by atoms with Crippen molar-refractivity contribution in [3.05, 3.63) is 64.7 Å². The number of halogens is 1. The maximum absolute atomic E-state index is 12.0. The van der Waals surface area contributed by atoms with E-state index in [1.165, 1.54) is 7.11 Å². The Hall–Kier alpha value is -2.53. The molecule has 6 heteroatoms. The van der Waals surface area contributed by atoms with E-state index < -0.39 is 0 Å². The third-order valence-electron chi connectivity index (χ3n) is 3.37. The third kappa shape index (κ3) is 5.59. The Morgan fingerprint density at radius 2 is 1.88 bits per heavy atom. The molecule has 0 bridgehead atoms. The minimum atomic E-state index is -0.320. The minimum absolute atomic E-state index is 0.0778. The maximum atomic E-state index is 12.0. The monoisotopic (exact) mass is 346 g/mol. The molecular weight excluding hydrogens is 328 g/mol. The molecule has 0 aromatic heterocycles. The SMILES string of the molecule is COc1cccc(C(=O)NCC(=O)NCCc2cccc(Cl)c2)c1. The van der Waals surface area contributed by atoms with Crippen molar-refractivity contribution in [1.29, 1.82) is 0 Å². The Morgan fingerprint density at radius 3 is 2.62 bits per heavy atom. The Balaban J connectivity index is 1.73. The summed E-state index contributed by atoms with van der Waals surface area (Å²) in [4.78, 5) is 23.8. The summed E-state index contributed by atoms with van der Waals surface area (Å²) in [5.74, 6) is 0.0285. The number of benzene rings is 2. The number of carbonyl (C=O) groups is 2. The zero-order chi connectivity index (χ0) is 17.4. The smallest absolute Gasteiger partial charge is 0.251 e. The highest BCUT2D eigenvalue weighted by molar-refractivity contribution is 6.30. The lowest BCUT2D eigenvalue weighted by molar-refractivity contribution is -0.120. The van der Waals surface area contributed by atoms with Crippen molar-refractivity contribution in [2.24, 2.45) is 0 Å². The second-order valence-electron chi connectivity index (χ2n) is 5.14. The number of hydrogen-bond acceptors (Lipinski definition) is 3. The number of rotatable bonds is 7. The molecule has 0 atom stereocenters. The molecule has 0 spiro atoms. The van der Waals surface area contributed by atoms with Crippen molar-refractivity contribution in [2.75, 3.05) is 20.2 Å². The van der Waals surface area contributed by atoms with Crippen molar-refractivity contribution < 1.29 is 14.3 Å². The first-order valence-electron chi connectivity index (χ1n) is 7.52. The van der Waals surface area contributed by atoms with Gasteiger partial charge in [-0.1, -0.05) is 29.8 Å². The van der Waals surface area contributed by atoms with Gasteiger partial charge in [0, 0.05) is 17.1 Å². The highest BCUT2D eigenvalue weighted by Gasteiger charge is 2.08. The summed E-state index contributed by atoms with van der Waals surface area (Å²) in [6.07, 6.45) is 0.677. The van der Waals surface area contributed by atoms with E-state index in [2.05, 4.69) is 10.6 Å². The standard InChI is InChI=1S/C18H19ClN2O3/c1-24-16-7-3-5-14(11-16)18(23)21-12-17(22)20-9-8-13-4-2-6-15(19)10-13/h2-7,10-11H,8-9,12H2,1H3,(H,20,22)(H,21,23). The Bertz CT molecular complexity index is 719. The number of amides is 2. The van der Waals surface area contributed by atoms with Gasteiger partial charge in [-0.25, -0.2) is 0 Å². The van der Waals surface area contributed by atoms with Gasteiger partial charge >= 0.3 is 0 Å². The summed E-state index contributed by atoms with van der Waals surface area (Å²) in [5, 5.41) is 6.01. The van der Waals surface area contributed by atoms with Crippen LogP contribution in [0.25, 0.3) is 0 Å². The van der Waals surface area contributed by atoms with Gasteiger partial charge < -0.3 is 15.4 Å². The number of nitrogens with one attached hydrogen (secondary N) is 2. The Morgan fingerprint density at radius 1 is 1.08 bits per heavy atom. The van der Waals surface area contributed by atoms with E-state index >= 15 is 0 Å². The first-order chi connectivity index (χ1) is 11.6. The molecule has 0 heterocycles. The lowest BCUT2D eigenvalue weighted by atomic mass is 10.1.